The molecule has 2 aromatic carbocycles. The number of halogens is 1. The van der Waals surface area contributed by atoms with Crippen LogP contribution in [0.15, 0.2) is 42.5 Å². The molecule has 0 atom stereocenters. The van der Waals surface area contributed by atoms with E-state index >= 15 is 0 Å². The van der Waals surface area contributed by atoms with Gasteiger partial charge in [-0.1, -0.05) is 17.4 Å². The molecule has 1 aromatic heterocycles. The zero-order valence-corrected chi connectivity index (χ0v) is 18.0. The van der Waals surface area contributed by atoms with Crippen LogP contribution in [-0.4, -0.2) is 57.2 Å². The lowest BCUT2D eigenvalue weighted by Gasteiger charge is -2.22. The second-order valence-corrected chi connectivity index (χ2v) is 7.33. The Kier molecular flexibility index (Phi) is 7.62. The molecular formula is C20H24ClN3O3S. The zero-order chi connectivity index (χ0) is 19.4. The van der Waals surface area contributed by atoms with Crippen molar-refractivity contribution in [2.24, 2.45) is 0 Å². The fraction of sp³-hybridized carbons (Fsp3) is 0.300. The summed E-state index contributed by atoms with van der Waals surface area (Å²) >= 11 is 1.50. The number of rotatable bonds is 7. The lowest BCUT2D eigenvalue weighted by Crippen LogP contribution is -2.36. The molecule has 1 amide bonds. The van der Waals surface area contributed by atoms with Gasteiger partial charge in [-0.2, -0.15) is 0 Å². The highest BCUT2D eigenvalue weighted by Crippen LogP contribution is 2.32. The number of hydrogen-bond donors (Lipinski definition) is 0. The van der Waals surface area contributed by atoms with Gasteiger partial charge in [0.15, 0.2) is 5.13 Å². The minimum atomic E-state index is -0.0956. The average molecular weight is 422 g/mol. The van der Waals surface area contributed by atoms with Crippen LogP contribution < -0.4 is 14.4 Å². The summed E-state index contributed by atoms with van der Waals surface area (Å²) in [6, 6.07) is 12.9. The van der Waals surface area contributed by atoms with E-state index in [4.69, 9.17) is 9.47 Å². The molecule has 8 heteroatoms. The molecule has 0 fully saturated rings. The highest BCUT2D eigenvalue weighted by Gasteiger charge is 2.22. The van der Waals surface area contributed by atoms with Crippen molar-refractivity contribution in [3.05, 3.63) is 48.0 Å². The number of likely N-dealkylation sites (N-methyl/N-ethyl adjacent to an activating group) is 1. The van der Waals surface area contributed by atoms with Crippen molar-refractivity contribution in [2.75, 3.05) is 46.3 Å². The maximum Gasteiger partial charge on any atom is 0.260 e. The van der Waals surface area contributed by atoms with Gasteiger partial charge in [-0.15, -0.1) is 12.4 Å². The van der Waals surface area contributed by atoms with Crippen LogP contribution in [0.3, 0.4) is 0 Å². The van der Waals surface area contributed by atoms with Crippen LogP contribution in [-0.2, 0) is 0 Å². The first kappa shape index (κ1) is 21.9. The summed E-state index contributed by atoms with van der Waals surface area (Å²) < 4.78 is 11.5. The van der Waals surface area contributed by atoms with Crippen LogP contribution >= 0.6 is 23.7 Å². The van der Waals surface area contributed by atoms with Crippen molar-refractivity contribution in [1.82, 2.24) is 9.88 Å². The molecular weight excluding hydrogens is 398 g/mol. The van der Waals surface area contributed by atoms with Gasteiger partial charge in [-0.05, 0) is 44.4 Å². The van der Waals surface area contributed by atoms with Crippen molar-refractivity contribution in [2.45, 2.75) is 0 Å². The monoisotopic (exact) mass is 421 g/mol. The Morgan fingerprint density at radius 1 is 1.04 bits per heavy atom. The van der Waals surface area contributed by atoms with Crippen molar-refractivity contribution >= 4 is 45.0 Å². The lowest BCUT2D eigenvalue weighted by molar-refractivity contribution is 0.0985. The number of aromatic nitrogens is 1. The Bertz CT molecular complexity index is 945. The SMILES string of the molecule is COc1cccc(C(=O)N(CCN(C)C)c2nc3cc(OC)ccc3s2)c1.Cl. The van der Waals surface area contributed by atoms with Gasteiger partial charge in [0, 0.05) is 24.7 Å². The van der Waals surface area contributed by atoms with E-state index < -0.39 is 0 Å². The van der Waals surface area contributed by atoms with Crippen LogP contribution in [0.1, 0.15) is 10.4 Å². The number of anilines is 1. The Morgan fingerprint density at radius 2 is 1.75 bits per heavy atom. The molecule has 3 aromatic rings. The number of carbonyl (C=O) groups is 1. The maximum absolute atomic E-state index is 13.2. The smallest absolute Gasteiger partial charge is 0.260 e. The maximum atomic E-state index is 13.2. The molecule has 0 bridgehead atoms. The van der Waals surface area contributed by atoms with Gasteiger partial charge in [-0.3, -0.25) is 9.69 Å². The van der Waals surface area contributed by atoms with E-state index in [0.717, 1.165) is 22.5 Å². The quantitative estimate of drug-likeness (QED) is 0.578. The van der Waals surface area contributed by atoms with Crippen LogP contribution in [0.5, 0.6) is 11.5 Å². The van der Waals surface area contributed by atoms with E-state index in [0.29, 0.717) is 23.0 Å². The summed E-state index contributed by atoms with van der Waals surface area (Å²) in [7, 11) is 7.19. The fourth-order valence-corrected chi connectivity index (χ4v) is 3.60. The largest absolute Gasteiger partial charge is 0.497 e. The second-order valence-electron chi connectivity index (χ2n) is 6.32. The number of nitrogens with zero attached hydrogens (tertiary/aromatic N) is 3. The van der Waals surface area contributed by atoms with Gasteiger partial charge >= 0.3 is 0 Å². The van der Waals surface area contributed by atoms with E-state index in [1.54, 1.807) is 31.3 Å². The van der Waals surface area contributed by atoms with Crippen LogP contribution in [0.25, 0.3) is 10.2 Å². The number of thiazole rings is 1. The van der Waals surface area contributed by atoms with Gasteiger partial charge < -0.3 is 14.4 Å². The Morgan fingerprint density at radius 3 is 2.43 bits per heavy atom. The van der Waals surface area contributed by atoms with Gasteiger partial charge in [-0.25, -0.2) is 4.98 Å². The molecule has 6 nitrogen and oxygen atoms in total. The highest BCUT2D eigenvalue weighted by molar-refractivity contribution is 7.22. The average Bonchev–Trinajstić information content (AvgIpc) is 3.10. The summed E-state index contributed by atoms with van der Waals surface area (Å²) in [5, 5.41) is 0.674. The predicted octanol–water partition coefficient (Wildman–Crippen LogP) is 3.94. The van der Waals surface area contributed by atoms with Crippen LogP contribution in [0.4, 0.5) is 5.13 Å². The molecule has 1 heterocycles. The molecule has 0 spiro atoms. The van der Waals surface area contributed by atoms with Crippen molar-refractivity contribution in [3.63, 3.8) is 0 Å². The third-order valence-electron chi connectivity index (χ3n) is 4.15. The first-order valence-corrected chi connectivity index (χ1v) is 9.38. The molecule has 3 rings (SSSR count). The van der Waals surface area contributed by atoms with E-state index in [1.807, 2.05) is 49.3 Å². The molecule has 0 saturated carbocycles. The number of benzene rings is 2. The van der Waals surface area contributed by atoms with Gasteiger partial charge in [0.05, 0.1) is 24.4 Å². The summed E-state index contributed by atoms with van der Waals surface area (Å²) in [5.74, 6) is 1.31. The Hall–Kier alpha value is -2.35. The Balaban J connectivity index is 0.00000280. The number of ether oxygens (including phenoxy) is 2. The Labute approximate surface area is 175 Å². The number of amides is 1. The van der Waals surface area contributed by atoms with E-state index in [1.165, 1.54) is 11.3 Å². The van der Waals surface area contributed by atoms with Crippen molar-refractivity contribution in [3.8, 4) is 11.5 Å². The van der Waals surface area contributed by atoms with Gasteiger partial charge in [0.2, 0.25) is 0 Å². The molecule has 0 aliphatic carbocycles. The fourth-order valence-electron chi connectivity index (χ4n) is 2.63. The second kappa shape index (κ2) is 9.73. The van der Waals surface area contributed by atoms with Crippen molar-refractivity contribution in [1.29, 1.82) is 0 Å². The molecule has 0 radical (unpaired) electrons. The summed E-state index contributed by atoms with van der Waals surface area (Å²) in [5.41, 5.74) is 1.40. The van der Waals surface area contributed by atoms with E-state index in [-0.39, 0.29) is 18.3 Å². The number of hydrogen-bond acceptors (Lipinski definition) is 6. The summed E-state index contributed by atoms with van der Waals surface area (Å²) in [6.45, 7) is 1.27. The van der Waals surface area contributed by atoms with Gasteiger partial charge in [0.1, 0.15) is 11.5 Å². The molecule has 0 unspecified atom stereocenters. The standard InChI is InChI=1S/C20H23N3O3S.ClH/c1-22(2)10-11-23(19(24)14-6-5-7-15(12-14)25-3)20-21-17-13-16(26-4)8-9-18(17)27-20;/h5-9,12-13H,10-11H2,1-4H3;1H. The van der Waals surface area contributed by atoms with Crippen LogP contribution in [0.2, 0.25) is 0 Å². The zero-order valence-electron chi connectivity index (χ0n) is 16.3. The predicted molar refractivity (Wildman–Crippen MR) is 117 cm³/mol. The highest BCUT2D eigenvalue weighted by atomic mass is 35.5. The molecule has 28 heavy (non-hydrogen) atoms. The van der Waals surface area contributed by atoms with E-state index in [9.17, 15) is 4.79 Å². The molecule has 0 aliphatic rings. The normalized spacial score (nSPS) is 10.6. The van der Waals surface area contributed by atoms with E-state index in [2.05, 4.69) is 4.98 Å². The molecule has 0 saturated heterocycles. The number of carbonyl (C=O) groups excluding carboxylic acids is 1. The minimum Gasteiger partial charge on any atom is -0.497 e. The minimum absolute atomic E-state index is 0. The number of fused-ring (bicyclic) bond motifs is 1. The molecule has 150 valence electrons. The molecule has 0 N–H and O–H groups in total. The topological polar surface area (TPSA) is 54.9 Å². The summed E-state index contributed by atoms with van der Waals surface area (Å²) in [6.07, 6.45) is 0. The van der Waals surface area contributed by atoms with Crippen molar-refractivity contribution < 1.29 is 14.3 Å². The summed E-state index contributed by atoms with van der Waals surface area (Å²) in [4.78, 5) is 21.7. The van der Waals surface area contributed by atoms with Crippen LogP contribution in [0, 0.1) is 0 Å². The molecule has 0 aliphatic heterocycles. The first-order valence-electron chi connectivity index (χ1n) is 8.57. The third kappa shape index (κ3) is 4.92. The number of methoxy groups -OCH3 is 2. The van der Waals surface area contributed by atoms with Gasteiger partial charge in [0.25, 0.3) is 5.91 Å². The third-order valence-corrected chi connectivity index (χ3v) is 5.21. The lowest BCUT2D eigenvalue weighted by atomic mass is 10.2. The first-order chi connectivity index (χ1) is 13.0.